The molecule has 4 rings (SSSR count). The molecule has 4 N–H and O–H groups in total. The van der Waals surface area contributed by atoms with Gasteiger partial charge >= 0.3 is 14.2 Å². The van der Waals surface area contributed by atoms with E-state index in [9.17, 15) is 22.5 Å². The summed E-state index contributed by atoms with van der Waals surface area (Å²) in [6.45, 7) is 0.591. The summed E-state index contributed by atoms with van der Waals surface area (Å²) in [6.07, 6.45) is -2.31. The molecule has 1 atom stereocenters. The highest BCUT2D eigenvalue weighted by atomic mass is 31.2. The summed E-state index contributed by atoms with van der Waals surface area (Å²) in [5, 5.41) is 9.29. The quantitative estimate of drug-likeness (QED) is 0.349. The smallest absolute Gasteiger partial charge is 0.406 e. The van der Waals surface area contributed by atoms with Crippen LogP contribution >= 0.6 is 7.82 Å². The molecular weight excluding hydrogens is 494 g/mol. The molecule has 186 valence electrons. The van der Waals surface area contributed by atoms with Gasteiger partial charge in [-0.15, -0.1) is 13.2 Å². The molecule has 1 amide bonds. The van der Waals surface area contributed by atoms with Gasteiger partial charge < -0.3 is 24.7 Å². The Morgan fingerprint density at radius 2 is 1.97 bits per heavy atom. The van der Waals surface area contributed by atoms with Crippen LogP contribution in [0.1, 0.15) is 16.8 Å². The standard InChI is InChI=1S/C20H19F3N5O6P/c21-20(22,23)33-14-3-1-13(2-4-14)26-19(29)12-9-16(17-5-7-25-27-17)18(24-10-12)28-8-6-15(11-28)34-35(30,31)32/h1-5,7,9-10,15H,6,8,11H2,(H,25,27)(H,26,29)(H2,30,31,32). The third kappa shape index (κ3) is 6.57. The first-order valence-corrected chi connectivity index (χ1v) is 11.7. The summed E-state index contributed by atoms with van der Waals surface area (Å²) in [5.41, 5.74) is 1.47. The number of hydrogen-bond donors (Lipinski definition) is 4. The fraction of sp³-hybridized carbons (Fsp3) is 0.250. The molecule has 1 aromatic carbocycles. The zero-order valence-electron chi connectivity index (χ0n) is 17.8. The molecule has 11 nitrogen and oxygen atoms in total. The van der Waals surface area contributed by atoms with Crippen molar-refractivity contribution in [2.24, 2.45) is 0 Å². The predicted molar refractivity (Wildman–Crippen MR) is 117 cm³/mol. The molecular formula is C20H19F3N5O6P. The van der Waals surface area contributed by atoms with Crippen LogP contribution in [0.25, 0.3) is 11.3 Å². The molecule has 1 aliphatic rings. The van der Waals surface area contributed by atoms with E-state index < -0.39 is 31.9 Å². The van der Waals surface area contributed by atoms with Crippen molar-refractivity contribution < 1.29 is 41.6 Å². The van der Waals surface area contributed by atoms with Crippen LogP contribution in [0.15, 0.2) is 48.8 Å². The lowest BCUT2D eigenvalue weighted by Crippen LogP contribution is -2.24. The molecule has 0 saturated carbocycles. The van der Waals surface area contributed by atoms with Gasteiger partial charge in [0.15, 0.2) is 0 Å². The van der Waals surface area contributed by atoms with E-state index in [4.69, 9.17) is 14.3 Å². The van der Waals surface area contributed by atoms with Crippen LogP contribution in [-0.2, 0) is 9.09 Å². The van der Waals surface area contributed by atoms with Gasteiger partial charge in [-0.3, -0.25) is 14.4 Å². The van der Waals surface area contributed by atoms with Gasteiger partial charge in [0.1, 0.15) is 11.6 Å². The molecule has 0 bridgehead atoms. The molecule has 1 aliphatic heterocycles. The van der Waals surface area contributed by atoms with Gasteiger partial charge in [-0.25, -0.2) is 9.55 Å². The van der Waals surface area contributed by atoms with Crippen molar-refractivity contribution in [3.8, 4) is 17.0 Å². The topological polar surface area (TPSA) is 150 Å². The Morgan fingerprint density at radius 1 is 1.23 bits per heavy atom. The van der Waals surface area contributed by atoms with Crippen molar-refractivity contribution >= 4 is 25.2 Å². The van der Waals surface area contributed by atoms with Crippen molar-refractivity contribution in [1.82, 2.24) is 15.2 Å². The van der Waals surface area contributed by atoms with Crippen molar-refractivity contribution in [1.29, 1.82) is 0 Å². The molecule has 0 radical (unpaired) electrons. The Morgan fingerprint density at radius 3 is 2.60 bits per heavy atom. The van der Waals surface area contributed by atoms with Crippen molar-refractivity contribution in [2.75, 3.05) is 23.3 Å². The summed E-state index contributed by atoms with van der Waals surface area (Å²) in [7, 11) is -4.64. The Labute approximate surface area is 196 Å². The minimum absolute atomic E-state index is 0.163. The van der Waals surface area contributed by atoms with Crippen LogP contribution in [0.4, 0.5) is 24.7 Å². The zero-order chi connectivity index (χ0) is 25.2. The number of benzene rings is 1. The lowest BCUT2D eigenvalue weighted by Gasteiger charge is -2.21. The maximum absolute atomic E-state index is 12.8. The van der Waals surface area contributed by atoms with E-state index in [0.29, 0.717) is 30.0 Å². The summed E-state index contributed by atoms with van der Waals surface area (Å²) in [6, 6.07) is 7.91. The first-order chi connectivity index (χ1) is 16.5. The minimum atomic E-state index is -4.82. The number of rotatable bonds is 7. The van der Waals surface area contributed by atoms with Crippen molar-refractivity contribution in [3.05, 3.63) is 54.4 Å². The number of hydrogen-bond acceptors (Lipinski definition) is 7. The number of phosphoric ester groups is 1. The Bertz CT molecular complexity index is 1230. The molecule has 1 unspecified atom stereocenters. The number of alkyl halides is 3. The Balaban J connectivity index is 1.53. The first kappa shape index (κ1) is 24.7. The number of aromatic nitrogens is 3. The number of H-pyrrole nitrogens is 1. The highest BCUT2D eigenvalue weighted by Gasteiger charge is 2.32. The van der Waals surface area contributed by atoms with Gasteiger partial charge in [-0.2, -0.15) is 5.10 Å². The second-order valence-electron chi connectivity index (χ2n) is 7.54. The van der Waals surface area contributed by atoms with E-state index in [1.54, 1.807) is 17.0 Å². The first-order valence-electron chi connectivity index (χ1n) is 10.1. The SMILES string of the molecule is O=C(Nc1ccc(OC(F)(F)F)cc1)c1cnc(N2CCC(OP(=O)(O)O)C2)c(-c2ccn[nH]2)c1. The Kier molecular flexibility index (Phi) is 6.81. The van der Waals surface area contributed by atoms with Gasteiger partial charge in [-0.1, -0.05) is 0 Å². The monoisotopic (exact) mass is 513 g/mol. The normalized spacial score (nSPS) is 16.4. The molecule has 1 fully saturated rings. The summed E-state index contributed by atoms with van der Waals surface area (Å²) in [5.74, 6) is -0.524. The summed E-state index contributed by atoms with van der Waals surface area (Å²) < 4.78 is 56.7. The number of ether oxygens (including phenoxy) is 1. The molecule has 3 aromatic rings. The fourth-order valence-corrected chi connectivity index (χ4v) is 4.14. The third-order valence-electron chi connectivity index (χ3n) is 5.00. The third-order valence-corrected chi connectivity index (χ3v) is 5.57. The van der Waals surface area contributed by atoms with Crippen LogP contribution in [-0.4, -0.2) is 56.4 Å². The van der Waals surface area contributed by atoms with E-state index in [1.165, 1.54) is 24.5 Å². The average molecular weight is 513 g/mol. The van der Waals surface area contributed by atoms with Crippen LogP contribution in [0, 0.1) is 0 Å². The number of aromatic amines is 1. The van der Waals surface area contributed by atoms with E-state index in [0.717, 1.165) is 12.1 Å². The average Bonchev–Trinajstić information content (AvgIpc) is 3.45. The molecule has 35 heavy (non-hydrogen) atoms. The van der Waals surface area contributed by atoms with Crippen molar-refractivity contribution in [3.63, 3.8) is 0 Å². The minimum Gasteiger partial charge on any atom is -0.406 e. The van der Waals surface area contributed by atoms with Crippen LogP contribution in [0.2, 0.25) is 0 Å². The van der Waals surface area contributed by atoms with E-state index >= 15 is 0 Å². The van der Waals surface area contributed by atoms with Gasteiger partial charge in [0.05, 0.1) is 17.4 Å². The second-order valence-corrected chi connectivity index (χ2v) is 8.74. The molecule has 15 heteroatoms. The van der Waals surface area contributed by atoms with Gasteiger partial charge in [0, 0.05) is 36.7 Å². The number of amides is 1. The molecule has 1 saturated heterocycles. The van der Waals surface area contributed by atoms with Gasteiger partial charge in [0.25, 0.3) is 5.91 Å². The number of carbonyl (C=O) groups is 1. The molecule has 2 aromatic heterocycles. The maximum atomic E-state index is 12.8. The van der Waals surface area contributed by atoms with E-state index in [-0.39, 0.29) is 17.8 Å². The van der Waals surface area contributed by atoms with Gasteiger partial charge in [0.2, 0.25) is 0 Å². The maximum Gasteiger partial charge on any atom is 0.573 e. The summed E-state index contributed by atoms with van der Waals surface area (Å²) in [4.78, 5) is 37.1. The molecule has 0 aliphatic carbocycles. The fourth-order valence-electron chi connectivity index (χ4n) is 3.58. The predicted octanol–water partition coefficient (Wildman–Crippen LogP) is 3.31. The number of nitrogens with zero attached hydrogens (tertiary/aromatic N) is 3. The number of carbonyl (C=O) groups excluding carboxylic acids is 1. The number of pyridine rings is 1. The van der Waals surface area contributed by atoms with E-state index in [1.807, 2.05) is 0 Å². The number of nitrogens with one attached hydrogen (secondary N) is 2. The highest BCUT2D eigenvalue weighted by molar-refractivity contribution is 7.46. The lowest BCUT2D eigenvalue weighted by molar-refractivity contribution is -0.274. The largest absolute Gasteiger partial charge is 0.573 e. The lowest BCUT2D eigenvalue weighted by atomic mass is 10.1. The number of halogens is 3. The van der Waals surface area contributed by atoms with Crippen molar-refractivity contribution in [2.45, 2.75) is 18.9 Å². The molecule has 0 spiro atoms. The van der Waals surface area contributed by atoms with Crippen LogP contribution < -0.4 is 15.0 Å². The molecule has 3 heterocycles. The second kappa shape index (κ2) is 9.66. The van der Waals surface area contributed by atoms with Gasteiger partial charge in [-0.05, 0) is 42.8 Å². The van der Waals surface area contributed by atoms with Crippen LogP contribution in [0.3, 0.4) is 0 Å². The van der Waals surface area contributed by atoms with Crippen LogP contribution in [0.5, 0.6) is 5.75 Å². The zero-order valence-corrected chi connectivity index (χ0v) is 18.7. The Hall–Kier alpha value is -3.45. The highest BCUT2D eigenvalue weighted by Crippen LogP contribution is 2.40. The number of anilines is 2. The summed E-state index contributed by atoms with van der Waals surface area (Å²) >= 11 is 0. The number of phosphoric acid groups is 1. The van der Waals surface area contributed by atoms with E-state index in [2.05, 4.69) is 25.2 Å².